The molecular weight excluding hydrogens is 348 g/mol. The van der Waals surface area contributed by atoms with Gasteiger partial charge in [0, 0.05) is 6.04 Å². The standard InChI is InChI=1S/C24H26N2O2/c1-18-6-5-7-20(14-18)17-28-23-12-10-19(11-13-23)15-21(16-25)24(27)26-22-8-3-2-4-9-22/h5-7,10-15,22H,2-4,8-9,17H2,1H3,(H,26,27)/b21-15-. The first-order valence-electron chi connectivity index (χ1n) is 9.85. The Labute approximate surface area is 166 Å². The number of benzene rings is 2. The first-order chi connectivity index (χ1) is 13.6. The third-order valence-electron chi connectivity index (χ3n) is 4.98. The van der Waals surface area contributed by atoms with Crippen molar-refractivity contribution in [2.24, 2.45) is 0 Å². The Hall–Kier alpha value is -3.06. The lowest BCUT2D eigenvalue weighted by molar-refractivity contribution is -0.117. The van der Waals surface area contributed by atoms with Gasteiger partial charge in [-0.25, -0.2) is 0 Å². The molecule has 0 atom stereocenters. The van der Waals surface area contributed by atoms with Gasteiger partial charge in [0.2, 0.25) is 0 Å². The number of nitrogens with zero attached hydrogens (tertiary/aromatic N) is 1. The van der Waals surface area contributed by atoms with E-state index in [0.717, 1.165) is 42.6 Å². The monoisotopic (exact) mass is 374 g/mol. The lowest BCUT2D eigenvalue weighted by Crippen LogP contribution is -2.36. The fourth-order valence-electron chi connectivity index (χ4n) is 3.45. The second-order valence-corrected chi connectivity index (χ2v) is 7.32. The molecule has 0 bridgehead atoms. The van der Waals surface area contributed by atoms with Gasteiger partial charge >= 0.3 is 0 Å². The minimum absolute atomic E-state index is 0.138. The van der Waals surface area contributed by atoms with Crippen LogP contribution >= 0.6 is 0 Å². The number of carbonyl (C=O) groups excluding carboxylic acids is 1. The van der Waals surface area contributed by atoms with E-state index >= 15 is 0 Å². The average molecular weight is 374 g/mol. The molecule has 1 amide bonds. The van der Waals surface area contributed by atoms with E-state index in [1.807, 2.05) is 42.5 Å². The van der Waals surface area contributed by atoms with Crippen LogP contribution in [-0.2, 0) is 11.4 Å². The molecule has 1 N–H and O–H groups in total. The van der Waals surface area contributed by atoms with Gasteiger partial charge in [-0.1, -0.05) is 61.2 Å². The molecule has 0 aromatic heterocycles. The van der Waals surface area contributed by atoms with Crippen LogP contribution in [0.5, 0.6) is 5.75 Å². The number of nitriles is 1. The number of ether oxygens (including phenoxy) is 1. The molecule has 28 heavy (non-hydrogen) atoms. The zero-order chi connectivity index (χ0) is 19.8. The smallest absolute Gasteiger partial charge is 0.262 e. The summed E-state index contributed by atoms with van der Waals surface area (Å²) in [7, 11) is 0. The minimum Gasteiger partial charge on any atom is -0.489 e. The average Bonchev–Trinajstić information content (AvgIpc) is 2.72. The molecule has 0 aliphatic heterocycles. The normalized spacial score (nSPS) is 14.9. The molecule has 0 spiro atoms. The molecule has 4 heteroatoms. The van der Waals surface area contributed by atoms with Crippen LogP contribution in [0.4, 0.5) is 0 Å². The van der Waals surface area contributed by atoms with Crippen molar-refractivity contribution in [3.8, 4) is 11.8 Å². The topological polar surface area (TPSA) is 62.1 Å². The molecule has 1 aliphatic rings. The Bertz CT molecular complexity index is 872. The van der Waals surface area contributed by atoms with Gasteiger partial charge in [-0.2, -0.15) is 5.26 Å². The highest BCUT2D eigenvalue weighted by atomic mass is 16.5. The maximum Gasteiger partial charge on any atom is 0.262 e. The number of amides is 1. The molecule has 0 unspecified atom stereocenters. The van der Waals surface area contributed by atoms with Crippen molar-refractivity contribution < 1.29 is 9.53 Å². The molecule has 3 rings (SSSR count). The number of hydrogen-bond donors (Lipinski definition) is 1. The third-order valence-corrected chi connectivity index (χ3v) is 4.98. The van der Waals surface area contributed by atoms with Gasteiger partial charge in [0.25, 0.3) is 5.91 Å². The van der Waals surface area contributed by atoms with Gasteiger partial charge in [0.05, 0.1) is 0 Å². The van der Waals surface area contributed by atoms with Crippen molar-refractivity contribution in [2.45, 2.75) is 51.7 Å². The molecule has 4 nitrogen and oxygen atoms in total. The molecule has 0 saturated heterocycles. The Morgan fingerprint density at radius 1 is 1.18 bits per heavy atom. The van der Waals surface area contributed by atoms with Crippen LogP contribution in [0.15, 0.2) is 54.1 Å². The number of aryl methyl sites for hydroxylation is 1. The molecule has 1 saturated carbocycles. The summed E-state index contributed by atoms with van der Waals surface area (Å²) in [6, 6.07) is 17.9. The zero-order valence-electron chi connectivity index (χ0n) is 16.3. The van der Waals surface area contributed by atoms with Crippen LogP contribution in [0.3, 0.4) is 0 Å². The van der Waals surface area contributed by atoms with Crippen molar-refractivity contribution in [3.63, 3.8) is 0 Å². The number of hydrogen-bond acceptors (Lipinski definition) is 3. The minimum atomic E-state index is -0.283. The van der Waals surface area contributed by atoms with Gasteiger partial charge < -0.3 is 10.1 Å². The van der Waals surface area contributed by atoms with Gasteiger partial charge in [0.1, 0.15) is 24.0 Å². The third kappa shape index (κ3) is 5.72. The van der Waals surface area contributed by atoms with E-state index in [0.29, 0.717) is 6.61 Å². The van der Waals surface area contributed by atoms with Crippen LogP contribution in [0.1, 0.15) is 48.8 Å². The molecule has 1 aliphatic carbocycles. The summed E-state index contributed by atoms with van der Waals surface area (Å²) >= 11 is 0. The maximum absolute atomic E-state index is 12.4. The van der Waals surface area contributed by atoms with Crippen LogP contribution in [0.2, 0.25) is 0 Å². The summed E-state index contributed by atoms with van der Waals surface area (Å²) in [4.78, 5) is 12.4. The lowest BCUT2D eigenvalue weighted by atomic mass is 9.95. The van der Waals surface area contributed by atoms with Crippen molar-refractivity contribution in [3.05, 3.63) is 70.8 Å². The van der Waals surface area contributed by atoms with Crippen LogP contribution in [0, 0.1) is 18.3 Å². The summed E-state index contributed by atoms with van der Waals surface area (Å²) in [6.07, 6.45) is 7.13. The summed E-state index contributed by atoms with van der Waals surface area (Å²) in [6.45, 7) is 2.56. The highest BCUT2D eigenvalue weighted by Gasteiger charge is 2.18. The van der Waals surface area contributed by atoms with E-state index < -0.39 is 0 Å². The summed E-state index contributed by atoms with van der Waals surface area (Å²) in [5.41, 5.74) is 3.27. The summed E-state index contributed by atoms with van der Waals surface area (Å²) in [5.74, 6) is 0.470. The summed E-state index contributed by atoms with van der Waals surface area (Å²) < 4.78 is 5.82. The predicted octanol–water partition coefficient (Wildman–Crippen LogP) is 4.93. The van der Waals surface area contributed by atoms with Gasteiger partial charge in [-0.3, -0.25) is 4.79 Å². The SMILES string of the molecule is Cc1cccc(COc2ccc(/C=C(/C#N)C(=O)NC3CCCCC3)cc2)c1. The van der Waals surface area contributed by atoms with Crippen LogP contribution in [0.25, 0.3) is 6.08 Å². The van der Waals surface area contributed by atoms with Gasteiger partial charge in [-0.05, 0) is 49.1 Å². The van der Waals surface area contributed by atoms with Gasteiger partial charge in [0.15, 0.2) is 0 Å². The lowest BCUT2D eigenvalue weighted by Gasteiger charge is -2.22. The van der Waals surface area contributed by atoms with Crippen molar-refractivity contribution in [2.75, 3.05) is 0 Å². The molecule has 144 valence electrons. The quantitative estimate of drug-likeness (QED) is 0.576. The Morgan fingerprint density at radius 2 is 1.93 bits per heavy atom. The van der Waals surface area contributed by atoms with E-state index in [2.05, 4.69) is 24.4 Å². The van der Waals surface area contributed by atoms with Crippen molar-refractivity contribution in [1.29, 1.82) is 5.26 Å². The molecule has 0 radical (unpaired) electrons. The number of nitrogens with one attached hydrogen (secondary N) is 1. The Morgan fingerprint density at radius 3 is 2.61 bits per heavy atom. The largest absolute Gasteiger partial charge is 0.489 e. The zero-order valence-corrected chi connectivity index (χ0v) is 16.3. The Kier molecular flexibility index (Phi) is 6.86. The summed E-state index contributed by atoms with van der Waals surface area (Å²) in [5, 5.41) is 12.4. The molecule has 2 aromatic carbocycles. The highest BCUT2D eigenvalue weighted by molar-refractivity contribution is 6.01. The predicted molar refractivity (Wildman–Crippen MR) is 111 cm³/mol. The molecule has 1 fully saturated rings. The molecule has 0 heterocycles. The second kappa shape index (κ2) is 9.75. The van der Waals surface area contributed by atoms with Crippen molar-refractivity contribution in [1.82, 2.24) is 5.32 Å². The Balaban J connectivity index is 1.59. The highest BCUT2D eigenvalue weighted by Crippen LogP contribution is 2.19. The first-order valence-corrected chi connectivity index (χ1v) is 9.85. The maximum atomic E-state index is 12.4. The van der Waals surface area contributed by atoms with E-state index in [1.165, 1.54) is 12.0 Å². The fourth-order valence-corrected chi connectivity index (χ4v) is 3.45. The second-order valence-electron chi connectivity index (χ2n) is 7.32. The van der Waals surface area contributed by atoms with E-state index in [9.17, 15) is 10.1 Å². The number of carbonyl (C=O) groups is 1. The van der Waals surface area contributed by atoms with Gasteiger partial charge in [-0.15, -0.1) is 0 Å². The fraction of sp³-hybridized carbons (Fsp3) is 0.333. The van der Waals surface area contributed by atoms with E-state index in [4.69, 9.17) is 4.74 Å². The number of rotatable bonds is 6. The molecule has 2 aromatic rings. The first kappa shape index (κ1) is 19.7. The van der Waals surface area contributed by atoms with E-state index in [1.54, 1.807) is 6.08 Å². The van der Waals surface area contributed by atoms with Crippen LogP contribution < -0.4 is 10.1 Å². The van der Waals surface area contributed by atoms with Crippen LogP contribution in [-0.4, -0.2) is 11.9 Å². The van der Waals surface area contributed by atoms with Crippen molar-refractivity contribution >= 4 is 12.0 Å². The van der Waals surface area contributed by atoms with E-state index in [-0.39, 0.29) is 17.5 Å². The molecular formula is C24H26N2O2.